The molecule has 1 aromatic heterocycles. The Morgan fingerprint density at radius 1 is 1.25 bits per heavy atom. The van der Waals surface area contributed by atoms with Crippen LogP contribution in [0.5, 0.6) is 0 Å². The Morgan fingerprint density at radius 3 is 2.33 bits per heavy atom. The topological polar surface area (TPSA) is 12.0 Å². The van der Waals surface area contributed by atoms with Crippen molar-refractivity contribution in [2.75, 3.05) is 0 Å². The monoisotopic (exact) mass is 183 g/mol. The van der Waals surface area contributed by atoms with Crippen molar-refractivity contribution in [1.82, 2.24) is 5.32 Å². The third-order valence-corrected chi connectivity index (χ3v) is 2.95. The number of aryl methyl sites for hydroxylation is 1. The fourth-order valence-corrected chi connectivity index (χ4v) is 2.16. The van der Waals surface area contributed by atoms with Gasteiger partial charge < -0.3 is 5.32 Å². The first-order chi connectivity index (χ1) is 5.59. The lowest BCUT2D eigenvalue weighted by molar-refractivity contribution is 0.512. The Balaban J connectivity index is 2.58. The third-order valence-electron chi connectivity index (χ3n) is 1.77. The summed E-state index contributed by atoms with van der Waals surface area (Å²) in [5.41, 5.74) is 0. The van der Waals surface area contributed by atoms with Crippen molar-refractivity contribution in [2.24, 2.45) is 0 Å². The molecule has 1 nitrogen and oxygen atoms in total. The van der Waals surface area contributed by atoms with Gasteiger partial charge in [0.25, 0.3) is 0 Å². The summed E-state index contributed by atoms with van der Waals surface area (Å²) in [4.78, 5) is 2.82. The average molecular weight is 183 g/mol. The predicted molar refractivity (Wildman–Crippen MR) is 55.7 cm³/mol. The Kier molecular flexibility index (Phi) is 3.29. The van der Waals surface area contributed by atoms with Gasteiger partial charge in [0.2, 0.25) is 0 Å². The molecule has 0 unspecified atom stereocenters. The van der Waals surface area contributed by atoms with Crippen molar-refractivity contribution in [2.45, 2.75) is 39.8 Å². The molecule has 68 valence electrons. The van der Waals surface area contributed by atoms with E-state index in [1.165, 1.54) is 9.75 Å². The van der Waals surface area contributed by atoms with Crippen LogP contribution in [0.3, 0.4) is 0 Å². The zero-order chi connectivity index (χ0) is 9.14. The summed E-state index contributed by atoms with van der Waals surface area (Å²) >= 11 is 1.88. The molecule has 0 fully saturated rings. The molecule has 2 heteroatoms. The second-order valence-electron chi connectivity index (χ2n) is 3.49. The summed E-state index contributed by atoms with van der Waals surface area (Å²) in [5, 5.41) is 3.48. The van der Waals surface area contributed by atoms with Crippen LogP contribution in [0.1, 0.15) is 36.6 Å². The molecule has 0 amide bonds. The maximum absolute atomic E-state index is 3.48. The zero-order valence-corrected chi connectivity index (χ0v) is 9.03. The van der Waals surface area contributed by atoms with Gasteiger partial charge in [0, 0.05) is 21.8 Å². The maximum Gasteiger partial charge on any atom is 0.0388 e. The van der Waals surface area contributed by atoms with Gasteiger partial charge in [-0.1, -0.05) is 13.8 Å². The highest BCUT2D eigenvalue weighted by atomic mass is 32.1. The lowest BCUT2D eigenvalue weighted by atomic mass is 10.2. The molecule has 0 saturated carbocycles. The molecule has 0 aliphatic rings. The number of hydrogen-bond donors (Lipinski definition) is 1. The van der Waals surface area contributed by atoms with Gasteiger partial charge in [0.05, 0.1) is 0 Å². The van der Waals surface area contributed by atoms with Gasteiger partial charge in [-0.05, 0) is 26.0 Å². The summed E-state index contributed by atoms with van der Waals surface area (Å²) < 4.78 is 0. The second kappa shape index (κ2) is 4.06. The van der Waals surface area contributed by atoms with Gasteiger partial charge in [-0.2, -0.15) is 0 Å². The number of hydrogen-bond acceptors (Lipinski definition) is 2. The van der Waals surface area contributed by atoms with Crippen LogP contribution in [0.15, 0.2) is 12.1 Å². The van der Waals surface area contributed by atoms with Gasteiger partial charge in [0.15, 0.2) is 0 Å². The largest absolute Gasteiger partial charge is 0.307 e. The minimum Gasteiger partial charge on any atom is -0.307 e. The Bertz CT molecular complexity index is 240. The first-order valence-electron chi connectivity index (χ1n) is 4.42. The van der Waals surface area contributed by atoms with Crippen molar-refractivity contribution >= 4 is 11.3 Å². The van der Waals surface area contributed by atoms with Gasteiger partial charge >= 0.3 is 0 Å². The van der Waals surface area contributed by atoms with Crippen LogP contribution in [0.2, 0.25) is 0 Å². The van der Waals surface area contributed by atoms with Crippen LogP contribution in [0.25, 0.3) is 0 Å². The molecule has 0 aliphatic carbocycles. The van der Waals surface area contributed by atoms with Crippen molar-refractivity contribution in [3.8, 4) is 0 Å². The molecule has 1 N–H and O–H groups in total. The minimum absolute atomic E-state index is 0.490. The van der Waals surface area contributed by atoms with E-state index >= 15 is 0 Å². The van der Waals surface area contributed by atoms with E-state index in [4.69, 9.17) is 0 Å². The van der Waals surface area contributed by atoms with E-state index in [1.54, 1.807) is 0 Å². The molecule has 0 spiro atoms. The smallest absolute Gasteiger partial charge is 0.0388 e. The first-order valence-corrected chi connectivity index (χ1v) is 5.23. The van der Waals surface area contributed by atoms with Crippen molar-refractivity contribution in [1.29, 1.82) is 0 Å². The molecular weight excluding hydrogens is 166 g/mol. The number of nitrogens with one attached hydrogen (secondary N) is 1. The quantitative estimate of drug-likeness (QED) is 0.759. The summed E-state index contributed by atoms with van der Waals surface area (Å²) in [5.74, 6) is 0. The Labute approximate surface area is 78.8 Å². The third kappa shape index (κ3) is 2.61. The average Bonchev–Trinajstić information content (AvgIpc) is 2.34. The van der Waals surface area contributed by atoms with E-state index in [9.17, 15) is 0 Å². The molecular formula is C10H17NS. The highest BCUT2D eigenvalue weighted by Gasteiger charge is 2.07. The van der Waals surface area contributed by atoms with E-state index in [2.05, 4.69) is 45.1 Å². The number of thiophene rings is 1. The highest BCUT2D eigenvalue weighted by molar-refractivity contribution is 7.12. The standard InChI is InChI=1S/C10H17NS/c1-7(2)11-9(4)10-6-5-8(3)12-10/h5-7,9,11H,1-4H3/t9-/m1/s1. The molecule has 0 radical (unpaired) electrons. The lowest BCUT2D eigenvalue weighted by Crippen LogP contribution is -2.25. The predicted octanol–water partition coefficient (Wildman–Crippen LogP) is 3.12. The van der Waals surface area contributed by atoms with Gasteiger partial charge in [0.1, 0.15) is 0 Å². The van der Waals surface area contributed by atoms with Gasteiger partial charge in [-0.25, -0.2) is 0 Å². The van der Waals surface area contributed by atoms with Crippen LogP contribution in [-0.2, 0) is 0 Å². The lowest BCUT2D eigenvalue weighted by Gasteiger charge is -2.14. The van der Waals surface area contributed by atoms with E-state index in [1.807, 2.05) is 11.3 Å². The van der Waals surface area contributed by atoms with E-state index in [-0.39, 0.29) is 0 Å². The van der Waals surface area contributed by atoms with Crippen LogP contribution in [-0.4, -0.2) is 6.04 Å². The van der Waals surface area contributed by atoms with Crippen LogP contribution < -0.4 is 5.32 Å². The molecule has 1 atom stereocenters. The fourth-order valence-electron chi connectivity index (χ4n) is 1.27. The summed E-state index contributed by atoms with van der Waals surface area (Å²) in [6.07, 6.45) is 0. The molecule has 0 aliphatic heterocycles. The van der Waals surface area contributed by atoms with Gasteiger partial charge in [-0.15, -0.1) is 11.3 Å². The van der Waals surface area contributed by atoms with E-state index in [0.29, 0.717) is 12.1 Å². The summed E-state index contributed by atoms with van der Waals surface area (Å²) in [6.45, 7) is 8.72. The molecule has 1 rings (SSSR count). The molecule has 0 bridgehead atoms. The second-order valence-corrected chi connectivity index (χ2v) is 4.81. The molecule has 1 heterocycles. The van der Waals surface area contributed by atoms with Gasteiger partial charge in [-0.3, -0.25) is 0 Å². The summed E-state index contributed by atoms with van der Waals surface area (Å²) in [7, 11) is 0. The molecule has 1 aromatic rings. The molecule has 12 heavy (non-hydrogen) atoms. The van der Waals surface area contributed by atoms with Crippen molar-refractivity contribution < 1.29 is 0 Å². The van der Waals surface area contributed by atoms with Crippen molar-refractivity contribution in [3.05, 3.63) is 21.9 Å². The Morgan fingerprint density at radius 2 is 1.92 bits per heavy atom. The zero-order valence-electron chi connectivity index (χ0n) is 8.22. The van der Waals surface area contributed by atoms with E-state index in [0.717, 1.165) is 0 Å². The maximum atomic E-state index is 3.48. The SMILES string of the molecule is Cc1ccc([C@@H](C)NC(C)C)s1. The fraction of sp³-hybridized carbons (Fsp3) is 0.600. The van der Waals surface area contributed by atoms with E-state index < -0.39 is 0 Å². The molecule has 0 aromatic carbocycles. The van der Waals surface area contributed by atoms with Crippen molar-refractivity contribution in [3.63, 3.8) is 0 Å². The minimum atomic E-state index is 0.490. The normalized spacial score (nSPS) is 13.8. The van der Waals surface area contributed by atoms with Crippen LogP contribution in [0.4, 0.5) is 0 Å². The summed E-state index contributed by atoms with van der Waals surface area (Å²) in [6, 6.07) is 5.43. The number of rotatable bonds is 3. The highest BCUT2D eigenvalue weighted by Crippen LogP contribution is 2.22. The van der Waals surface area contributed by atoms with Crippen LogP contribution >= 0.6 is 11.3 Å². The van der Waals surface area contributed by atoms with Crippen LogP contribution in [0, 0.1) is 6.92 Å². The first kappa shape index (κ1) is 9.75. The molecule has 0 saturated heterocycles. The Hall–Kier alpha value is -0.340.